The van der Waals surface area contributed by atoms with E-state index in [-0.39, 0.29) is 18.3 Å². The highest BCUT2D eigenvalue weighted by molar-refractivity contribution is 5.94. The number of hydrogen-bond donors (Lipinski definition) is 2. The second kappa shape index (κ2) is 7.82. The molecule has 4 rings (SSSR count). The number of imidazole rings is 1. The predicted molar refractivity (Wildman–Crippen MR) is 107 cm³/mol. The number of carbonyl (C=O) groups is 1. The topological polar surface area (TPSA) is 90.8 Å². The number of anilines is 1. The summed E-state index contributed by atoms with van der Waals surface area (Å²) in [5.74, 6) is 0.198. The normalized spacial score (nSPS) is 10.5. The highest BCUT2D eigenvalue weighted by Crippen LogP contribution is 2.23. The minimum absolute atomic E-state index is 0.228. The van der Waals surface area contributed by atoms with Crippen LogP contribution in [0.4, 0.5) is 10.1 Å². The van der Waals surface area contributed by atoms with Crippen molar-refractivity contribution < 1.29 is 13.9 Å². The summed E-state index contributed by atoms with van der Waals surface area (Å²) in [6.45, 7) is -0.228. The zero-order chi connectivity index (χ0) is 20.2. The Balaban J connectivity index is 1.47. The first-order valence-corrected chi connectivity index (χ1v) is 8.80. The molecule has 3 aromatic carbocycles. The van der Waals surface area contributed by atoms with E-state index in [1.165, 1.54) is 12.1 Å². The van der Waals surface area contributed by atoms with E-state index in [1.807, 2.05) is 6.07 Å². The molecular formula is C22H15FN4O2. The zero-order valence-electron chi connectivity index (χ0n) is 15.1. The van der Waals surface area contributed by atoms with Gasteiger partial charge in [-0.25, -0.2) is 9.37 Å². The molecule has 4 aromatic rings. The number of nitrogens with zero attached hydrogens (tertiary/aromatic N) is 2. The number of benzene rings is 3. The maximum Gasteiger partial charge on any atom is 0.262 e. The van der Waals surface area contributed by atoms with Gasteiger partial charge in [0.25, 0.3) is 5.91 Å². The van der Waals surface area contributed by atoms with Crippen LogP contribution in [0.2, 0.25) is 0 Å². The third kappa shape index (κ3) is 4.06. The first kappa shape index (κ1) is 18.2. The van der Waals surface area contributed by atoms with Crippen molar-refractivity contribution in [3.63, 3.8) is 0 Å². The highest BCUT2D eigenvalue weighted by atomic mass is 19.1. The molecule has 142 valence electrons. The summed E-state index contributed by atoms with van der Waals surface area (Å²) < 4.78 is 18.9. The Bertz CT molecular complexity index is 1240. The van der Waals surface area contributed by atoms with Crippen molar-refractivity contribution in [1.29, 1.82) is 5.26 Å². The lowest BCUT2D eigenvalue weighted by molar-refractivity contribution is -0.118. The van der Waals surface area contributed by atoms with Gasteiger partial charge in [0.1, 0.15) is 23.5 Å². The lowest BCUT2D eigenvalue weighted by Gasteiger charge is -2.08. The van der Waals surface area contributed by atoms with Crippen LogP contribution in [-0.4, -0.2) is 22.5 Å². The number of H-pyrrole nitrogens is 1. The van der Waals surface area contributed by atoms with Crippen molar-refractivity contribution in [2.24, 2.45) is 0 Å². The van der Waals surface area contributed by atoms with Gasteiger partial charge >= 0.3 is 0 Å². The number of ether oxygens (including phenoxy) is 1. The summed E-state index contributed by atoms with van der Waals surface area (Å²) in [5.41, 5.74) is 2.97. The first-order valence-electron chi connectivity index (χ1n) is 8.80. The summed E-state index contributed by atoms with van der Waals surface area (Å²) in [6.07, 6.45) is 0. The lowest BCUT2D eigenvalue weighted by atomic mass is 10.2. The van der Waals surface area contributed by atoms with Crippen LogP contribution in [0.1, 0.15) is 5.56 Å². The largest absolute Gasteiger partial charge is 0.482 e. The number of carbonyl (C=O) groups excluding carboxylic acids is 1. The molecule has 29 heavy (non-hydrogen) atoms. The van der Waals surface area contributed by atoms with Crippen LogP contribution < -0.4 is 10.1 Å². The third-order valence-corrected chi connectivity index (χ3v) is 4.23. The molecule has 0 fully saturated rings. The van der Waals surface area contributed by atoms with Gasteiger partial charge in [-0.1, -0.05) is 24.3 Å². The van der Waals surface area contributed by atoms with Crippen molar-refractivity contribution in [3.05, 3.63) is 78.1 Å². The number of aromatic amines is 1. The minimum Gasteiger partial charge on any atom is -0.482 e. The van der Waals surface area contributed by atoms with E-state index in [1.54, 1.807) is 54.6 Å². The second-order valence-electron chi connectivity index (χ2n) is 6.27. The number of para-hydroxylation sites is 1. The fraction of sp³-hybridized carbons (Fsp3) is 0.0455. The number of halogens is 1. The van der Waals surface area contributed by atoms with Gasteiger partial charge in [0.2, 0.25) is 0 Å². The van der Waals surface area contributed by atoms with Crippen LogP contribution in [0.25, 0.3) is 22.4 Å². The summed E-state index contributed by atoms with van der Waals surface area (Å²) in [7, 11) is 0. The SMILES string of the molecule is N#Cc1ccccc1OCC(=O)Nc1ccc2nc(-c3cccc(F)c3)[nH]c2c1. The molecule has 1 amide bonds. The summed E-state index contributed by atoms with van der Waals surface area (Å²) >= 11 is 0. The van der Waals surface area contributed by atoms with Gasteiger partial charge in [-0.15, -0.1) is 0 Å². The molecule has 0 radical (unpaired) electrons. The van der Waals surface area contributed by atoms with Crippen LogP contribution in [-0.2, 0) is 4.79 Å². The molecule has 0 saturated heterocycles. The number of fused-ring (bicyclic) bond motifs is 1. The Kier molecular flexibility index (Phi) is 4.91. The molecule has 0 aliphatic rings. The molecule has 7 heteroatoms. The summed E-state index contributed by atoms with van der Waals surface area (Å²) in [5, 5.41) is 11.8. The van der Waals surface area contributed by atoms with Crippen molar-refractivity contribution in [2.45, 2.75) is 0 Å². The fourth-order valence-corrected chi connectivity index (χ4v) is 2.89. The molecule has 1 aromatic heterocycles. The van der Waals surface area contributed by atoms with Crippen molar-refractivity contribution in [1.82, 2.24) is 9.97 Å². The molecule has 6 nitrogen and oxygen atoms in total. The number of aromatic nitrogens is 2. The van der Waals surface area contributed by atoms with Gasteiger partial charge in [-0.05, 0) is 42.5 Å². The first-order chi connectivity index (χ1) is 14.1. The molecule has 0 bridgehead atoms. The lowest BCUT2D eigenvalue weighted by Crippen LogP contribution is -2.20. The van der Waals surface area contributed by atoms with E-state index in [4.69, 9.17) is 10.00 Å². The van der Waals surface area contributed by atoms with E-state index in [0.717, 1.165) is 0 Å². The molecule has 0 saturated carbocycles. The Hall–Kier alpha value is -4.18. The molecule has 0 spiro atoms. The Morgan fingerprint density at radius 1 is 1.14 bits per heavy atom. The van der Waals surface area contributed by atoms with Gasteiger partial charge < -0.3 is 15.0 Å². The molecule has 0 atom stereocenters. The number of nitrogens with one attached hydrogen (secondary N) is 2. The Morgan fingerprint density at radius 3 is 2.83 bits per heavy atom. The average Bonchev–Trinajstić information content (AvgIpc) is 3.16. The second-order valence-corrected chi connectivity index (χ2v) is 6.27. The molecule has 0 aliphatic heterocycles. The van der Waals surface area contributed by atoms with Crippen LogP contribution >= 0.6 is 0 Å². The number of amides is 1. The molecule has 1 heterocycles. The number of rotatable bonds is 5. The van der Waals surface area contributed by atoms with Gasteiger partial charge in [-0.2, -0.15) is 5.26 Å². The fourth-order valence-electron chi connectivity index (χ4n) is 2.89. The van der Waals surface area contributed by atoms with Crippen LogP contribution in [0, 0.1) is 17.1 Å². The van der Waals surface area contributed by atoms with E-state index in [2.05, 4.69) is 15.3 Å². The van der Waals surface area contributed by atoms with Crippen molar-refractivity contribution in [2.75, 3.05) is 11.9 Å². The Morgan fingerprint density at radius 2 is 2.00 bits per heavy atom. The van der Waals surface area contributed by atoms with E-state index in [0.29, 0.717) is 39.4 Å². The number of nitriles is 1. The molecule has 2 N–H and O–H groups in total. The third-order valence-electron chi connectivity index (χ3n) is 4.23. The Labute approximate surface area is 165 Å². The summed E-state index contributed by atoms with van der Waals surface area (Å²) in [4.78, 5) is 19.8. The van der Waals surface area contributed by atoms with E-state index in [9.17, 15) is 9.18 Å². The number of hydrogen-bond acceptors (Lipinski definition) is 4. The van der Waals surface area contributed by atoms with Gasteiger partial charge in [-0.3, -0.25) is 4.79 Å². The van der Waals surface area contributed by atoms with Gasteiger partial charge in [0.15, 0.2) is 6.61 Å². The smallest absolute Gasteiger partial charge is 0.262 e. The average molecular weight is 386 g/mol. The minimum atomic E-state index is -0.359. The predicted octanol–water partition coefficient (Wildman–Crippen LogP) is 4.26. The maximum absolute atomic E-state index is 13.4. The molecule has 0 aliphatic carbocycles. The maximum atomic E-state index is 13.4. The van der Waals surface area contributed by atoms with Crippen LogP contribution in [0.5, 0.6) is 5.75 Å². The van der Waals surface area contributed by atoms with Crippen LogP contribution in [0.3, 0.4) is 0 Å². The summed E-state index contributed by atoms with van der Waals surface area (Å²) in [6, 6.07) is 20.1. The zero-order valence-corrected chi connectivity index (χ0v) is 15.1. The van der Waals surface area contributed by atoms with Gasteiger partial charge in [0.05, 0.1) is 16.6 Å². The monoisotopic (exact) mass is 386 g/mol. The van der Waals surface area contributed by atoms with E-state index >= 15 is 0 Å². The van der Waals surface area contributed by atoms with Gasteiger partial charge in [0, 0.05) is 11.3 Å². The van der Waals surface area contributed by atoms with Crippen molar-refractivity contribution >= 4 is 22.6 Å². The molecule has 0 unspecified atom stereocenters. The molecular weight excluding hydrogens is 371 g/mol. The van der Waals surface area contributed by atoms with Crippen LogP contribution in [0.15, 0.2) is 66.7 Å². The highest BCUT2D eigenvalue weighted by Gasteiger charge is 2.10. The quantitative estimate of drug-likeness (QED) is 0.536. The standard InChI is InChI=1S/C22H15FN4O2/c23-16-6-3-5-14(10-16)22-26-18-9-8-17(11-19(18)27-22)25-21(28)13-29-20-7-2-1-4-15(20)12-24/h1-11H,13H2,(H,25,28)(H,26,27). The van der Waals surface area contributed by atoms with E-state index < -0.39 is 0 Å². The van der Waals surface area contributed by atoms with Crippen molar-refractivity contribution in [3.8, 4) is 23.2 Å².